The van der Waals surface area contributed by atoms with E-state index in [2.05, 4.69) is 23.0 Å². The van der Waals surface area contributed by atoms with Crippen LogP contribution in [0.5, 0.6) is 0 Å². The fraction of sp³-hybridized carbons (Fsp3) is 0.385. The number of hydrogen-bond donors (Lipinski definition) is 2. The van der Waals surface area contributed by atoms with Crippen LogP contribution in [0.15, 0.2) is 18.2 Å². The molecule has 0 aliphatic heterocycles. The predicted octanol–water partition coefficient (Wildman–Crippen LogP) is 2.24. The van der Waals surface area contributed by atoms with Crippen molar-refractivity contribution in [1.29, 1.82) is 0 Å². The minimum atomic E-state index is 0.229. The molecule has 1 heterocycles. The standard InChI is InChI=1S/C13H16N4/c1-13(6-3-7-13)8-4-2-5-9-10(8)11(14)17-12(15)16-9/h2,4-5H,3,6-7H2,1H3,(H4,14,15,16,17). The van der Waals surface area contributed by atoms with Gasteiger partial charge in [-0.05, 0) is 29.9 Å². The molecule has 0 amide bonds. The first-order chi connectivity index (χ1) is 8.10. The van der Waals surface area contributed by atoms with Crippen molar-refractivity contribution in [3.05, 3.63) is 23.8 Å². The van der Waals surface area contributed by atoms with Crippen molar-refractivity contribution in [3.63, 3.8) is 0 Å². The van der Waals surface area contributed by atoms with Crippen LogP contribution in [-0.4, -0.2) is 9.97 Å². The van der Waals surface area contributed by atoms with Gasteiger partial charge >= 0.3 is 0 Å². The van der Waals surface area contributed by atoms with Gasteiger partial charge in [0.1, 0.15) is 5.82 Å². The molecule has 0 bridgehead atoms. The quantitative estimate of drug-likeness (QED) is 0.784. The fourth-order valence-corrected chi connectivity index (χ4v) is 2.71. The molecule has 88 valence electrons. The average Bonchev–Trinajstić information content (AvgIpc) is 2.24. The number of benzene rings is 1. The molecule has 0 saturated heterocycles. The molecule has 0 unspecified atom stereocenters. The van der Waals surface area contributed by atoms with E-state index in [9.17, 15) is 0 Å². The van der Waals surface area contributed by atoms with Crippen molar-refractivity contribution >= 4 is 22.7 Å². The SMILES string of the molecule is CC1(c2cccc3nc(N)nc(N)c23)CCC1. The van der Waals surface area contributed by atoms with E-state index in [0.29, 0.717) is 5.82 Å². The molecule has 4 heteroatoms. The summed E-state index contributed by atoms with van der Waals surface area (Å²) in [7, 11) is 0. The Kier molecular flexibility index (Phi) is 2.02. The Morgan fingerprint density at radius 1 is 1.18 bits per heavy atom. The van der Waals surface area contributed by atoms with E-state index in [1.165, 1.54) is 24.8 Å². The first-order valence-electron chi connectivity index (χ1n) is 5.92. The minimum Gasteiger partial charge on any atom is -0.383 e. The van der Waals surface area contributed by atoms with Crippen molar-refractivity contribution in [2.24, 2.45) is 0 Å². The molecule has 3 rings (SSSR count). The maximum Gasteiger partial charge on any atom is 0.222 e. The van der Waals surface area contributed by atoms with Crippen LogP contribution in [0.2, 0.25) is 0 Å². The zero-order valence-corrected chi connectivity index (χ0v) is 9.90. The lowest BCUT2D eigenvalue weighted by Crippen LogP contribution is -2.30. The monoisotopic (exact) mass is 228 g/mol. The number of aromatic nitrogens is 2. The number of anilines is 2. The van der Waals surface area contributed by atoms with Gasteiger partial charge in [-0.25, -0.2) is 4.98 Å². The van der Waals surface area contributed by atoms with E-state index in [1.54, 1.807) is 0 Å². The second-order valence-corrected chi connectivity index (χ2v) is 5.08. The summed E-state index contributed by atoms with van der Waals surface area (Å²) in [4.78, 5) is 8.33. The highest BCUT2D eigenvalue weighted by atomic mass is 15.0. The summed E-state index contributed by atoms with van der Waals surface area (Å²) in [6.45, 7) is 2.28. The molecule has 1 saturated carbocycles. The van der Waals surface area contributed by atoms with Crippen LogP contribution in [0, 0.1) is 0 Å². The number of nitrogens with two attached hydrogens (primary N) is 2. The molecule has 1 aromatic carbocycles. The summed E-state index contributed by atoms with van der Waals surface area (Å²) in [5.74, 6) is 0.738. The number of hydrogen-bond acceptors (Lipinski definition) is 4. The predicted molar refractivity (Wildman–Crippen MR) is 69.6 cm³/mol. The van der Waals surface area contributed by atoms with Crippen molar-refractivity contribution in [1.82, 2.24) is 9.97 Å². The van der Waals surface area contributed by atoms with Crippen LogP contribution >= 0.6 is 0 Å². The highest BCUT2D eigenvalue weighted by Crippen LogP contribution is 2.46. The lowest BCUT2D eigenvalue weighted by atomic mass is 9.65. The Labute approximate surface area is 100 Å². The van der Waals surface area contributed by atoms with E-state index >= 15 is 0 Å². The highest BCUT2D eigenvalue weighted by Gasteiger charge is 2.35. The molecule has 0 spiro atoms. The van der Waals surface area contributed by atoms with E-state index in [-0.39, 0.29) is 11.4 Å². The van der Waals surface area contributed by atoms with E-state index < -0.39 is 0 Å². The lowest BCUT2D eigenvalue weighted by molar-refractivity contribution is 0.274. The highest BCUT2D eigenvalue weighted by molar-refractivity contribution is 5.92. The van der Waals surface area contributed by atoms with Crippen LogP contribution in [-0.2, 0) is 5.41 Å². The number of fused-ring (bicyclic) bond motifs is 1. The van der Waals surface area contributed by atoms with Gasteiger partial charge in [0.25, 0.3) is 0 Å². The van der Waals surface area contributed by atoms with Gasteiger partial charge in [-0.2, -0.15) is 4.98 Å². The molecule has 4 N–H and O–H groups in total. The molecule has 1 aliphatic rings. The van der Waals surface area contributed by atoms with Gasteiger partial charge in [0.05, 0.1) is 5.52 Å². The Balaban J connectivity index is 2.32. The molecule has 4 nitrogen and oxygen atoms in total. The van der Waals surface area contributed by atoms with Crippen molar-refractivity contribution < 1.29 is 0 Å². The minimum absolute atomic E-state index is 0.229. The summed E-state index contributed by atoms with van der Waals surface area (Å²) in [6.07, 6.45) is 3.69. The molecule has 0 radical (unpaired) electrons. The van der Waals surface area contributed by atoms with E-state index in [0.717, 1.165) is 10.9 Å². The second kappa shape index (κ2) is 3.32. The van der Waals surface area contributed by atoms with Crippen LogP contribution in [0.25, 0.3) is 10.9 Å². The van der Waals surface area contributed by atoms with E-state index in [1.807, 2.05) is 12.1 Å². The molecule has 17 heavy (non-hydrogen) atoms. The van der Waals surface area contributed by atoms with Gasteiger partial charge < -0.3 is 11.5 Å². The summed E-state index contributed by atoms with van der Waals surface area (Å²) in [6, 6.07) is 6.10. The Bertz CT molecular complexity index is 587. The van der Waals surface area contributed by atoms with E-state index in [4.69, 9.17) is 11.5 Å². The van der Waals surface area contributed by atoms with Crippen molar-refractivity contribution in [2.45, 2.75) is 31.6 Å². The molecule has 1 fully saturated rings. The third-order valence-electron chi connectivity index (χ3n) is 3.88. The fourth-order valence-electron chi connectivity index (χ4n) is 2.71. The largest absolute Gasteiger partial charge is 0.383 e. The summed E-state index contributed by atoms with van der Waals surface area (Å²) in [5, 5.41) is 0.976. The summed E-state index contributed by atoms with van der Waals surface area (Å²) < 4.78 is 0. The van der Waals surface area contributed by atoms with Gasteiger partial charge in [-0.15, -0.1) is 0 Å². The van der Waals surface area contributed by atoms with Crippen LogP contribution in [0.1, 0.15) is 31.7 Å². The lowest BCUT2D eigenvalue weighted by Gasteiger charge is -2.39. The molecule has 1 aromatic heterocycles. The first-order valence-corrected chi connectivity index (χ1v) is 5.92. The van der Waals surface area contributed by atoms with Crippen LogP contribution in [0.3, 0.4) is 0 Å². The smallest absolute Gasteiger partial charge is 0.222 e. The van der Waals surface area contributed by atoms with Gasteiger partial charge in [0.2, 0.25) is 5.95 Å². The number of nitrogens with zero attached hydrogens (tertiary/aromatic N) is 2. The topological polar surface area (TPSA) is 77.8 Å². The van der Waals surface area contributed by atoms with Gasteiger partial charge in [0.15, 0.2) is 0 Å². The Morgan fingerprint density at radius 2 is 1.94 bits per heavy atom. The molecular weight excluding hydrogens is 212 g/mol. The first kappa shape index (κ1) is 10.3. The number of rotatable bonds is 1. The molecule has 1 aliphatic carbocycles. The van der Waals surface area contributed by atoms with Crippen LogP contribution < -0.4 is 11.5 Å². The number of nitrogen functional groups attached to an aromatic ring is 2. The average molecular weight is 228 g/mol. The van der Waals surface area contributed by atoms with Crippen LogP contribution in [0.4, 0.5) is 11.8 Å². The Morgan fingerprint density at radius 3 is 2.59 bits per heavy atom. The maximum atomic E-state index is 6.00. The van der Waals surface area contributed by atoms with Gasteiger partial charge in [-0.1, -0.05) is 25.5 Å². The third kappa shape index (κ3) is 1.44. The summed E-state index contributed by atoms with van der Waals surface area (Å²) >= 11 is 0. The zero-order chi connectivity index (χ0) is 12.0. The third-order valence-corrected chi connectivity index (χ3v) is 3.88. The summed E-state index contributed by atoms with van der Waals surface area (Å²) in [5.41, 5.74) is 14.0. The van der Waals surface area contributed by atoms with Crippen molar-refractivity contribution in [2.75, 3.05) is 11.5 Å². The molecule has 2 aromatic rings. The zero-order valence-electron chi connectivity index (χ0n) is 9.90. The molecular formula is C13H16N4. The maximum absolute atomic E-state index is 6.00. The second-order valence-electron chi connectivity index (χ2n) is 5.08. The normalized spacial score (nSPS) is 17.9. The van der Waals surface area contributed by atoms with Crippen molar-refractivity contribution in [3.8, 4) is 0 Å². The Hall–Kier alpha value is -1.84. The molecule has 0 atom stereocenters. The van der Waals surface area contributed by atoms with Gasteiger partial charge in [-0.3, -0.25) is 0 Å². The van der Waals surface area contributed by atoms with Gasteiger partial charge in [0, 0.05) is 5.39 Å².